The molecule has 110 valence electrons. The average molecular weight is 306 g/mol. The lowest BCUT2D eigenvalue weighted by Crippen LogP contribution is -2.14. The largest absolute Gasteiger partial charge is 0.469 e. The molecule has 0 unspecified atom stereocenters. The summed E-state index contributed by atoms with van der Waals surface area (Å²) in [6, 6.07) is 3.69. The summed E-state index contributed by atoms with van der Waals surface area (Å²) in [7, 11) is 1.32. The van der Waals surface area contributed by atoms with E-state index in [1.165, 1.54) is 7.11 Å². The van der Waals surface area contributed by atoms with Crippen LogP contribution in [0.1, 0.15) is 33.5 Å². The van der Waals surface area contributed by atoms with E-state index in [1.54, 1.807) is 13.2 Å². The molecule has 2 atom stereocenters. The zero-order valence-electron chi connectivity index (χ0n) is 11.6. The Balaban J connectivity index is 1.65. The van der Waals surface area contributed by atoms with Gasteiger partial charge < -0.3 is 14.5 Å². The first kappa shape index (κ1) is 13.8. The van der Waals surface area contributed by atoms with Crippen LogP contribution in [0.5, 0.6) is 0 Å². The summed E-state index contributed by atoms with van der Waals surface area (Å²) in [6.45, 7) is 1.71. The Morgan fingerprint density at radius 3 is 3.00 bits per heavy atom. The molecule has 3 rings (SSSR count). The smallest absolute Gasteiger partial charge is 0.350 e. The van der Waals surface area contributed by atoms with Crippen molar-refractivity contribution in [2.75, 3.05) is 12.4 Å². The number of methoxy groups -OCH3 is 1. The molecule has 1 fully saturated rings. The van der Waals surface area contributed by atoms with E-state index in [0.717, 1.165) is 23.5 Å². The van der Waals surface area contributed by atoms with Crippen LogP contribution in [0.15, 0.2) is 22.8 Å². The van der Waals surface area contributed by atoms with Gasteiger partial charge in [-0.3, -0.25) is 4.79 Å². The highest BCUT2D eigenvalue weighted by Gasteiger charge is 2.46. The summed E-state index contributed by atoms with van der Waals surface area (Å²) in [5, 5.41) is 3.17. The molecule has 0 aromatic carbocycles. The van der Waals surface area contributed by atoms with E-state index < -0.39 is 5.97 Å². The number of anilines is 1. The normalized spacial score (nSPS) is 20.1. The molecule has 1 N–H and O–H groups in total. The second kappa shape index (κ2) is 5.33. The second-order valence-corrected chi connectivity index (χ2v) is 5.88. The second-order valence-electron chi connectivity index (χ2n) is 4.88. The van der Waals surface area contributed by atoms with Crippen molar-refractivity contribution in [1.29, 1.82) is 0 Å². The summed E-state index contributed by atoms with van der Waals surface area (Å²) in [5.74, 6) is 0.343. The summed E-state index contributed by atoms with van der Waals surface area (Å²) in [4.78, 5) is 28.2. The highest BCUT2D eigenvalue weighted by Crippen LogP contribution is 2.48. The molecule has 0 spiro atoms. The fourth-order valence-corrected chi connectivity index (χ4v) is 3.12. The van der Waals surface area contributed by atoms with Gasteiger partial charge in [0, 0.05) is 11.8 Å². The molecular formula is C14H14N2O4S. The van der Waals surface area contributed by atoms with Crippen molar-refractivity contribution in [3.63, 3.8) is 0 Å². The minimum Gasteiger partial charge on any atom is -0.469 e. The van der Waals surface area contributed by atoms with Gasteiger partial charge in [0.25, 0.3) is 0 Å². The third-order valence-corrected chi connectivity index (χ3v) is 4.49. The maximum absolute atomic E-state index is 12.1. The number of nitrogens with one attached hydrogen (secondary N) is 1. The quantitative estimate of drug-likeness (QED) is 0.878. The van der Waals surface area contributed by atoms with E-state index in [1.807, 2.05) is 12.1 Å². The van der Waals surface area contributed by atoms with E-state index in [-0.39, 0.29) is 17.7 Å². The number of ether oxygens (including phenoxy) is 1. The Morgan fingerprint density at radius 2 is 2.33 bits per heavy atom. The Labute approximate surface area is 125 Å². The Hall–Kier alpha value is -2.15. The van der Waals surface area contributed by atoms with Gasteiger partial charge >= 0.3 is 5.97 Å². The van der Waals surface area contributed by atoms with Crippen molar-refractivity contribution in [3.8, 4) is 0 Å². The maximum Gasteiger partial charge on any atom is 0.350 e. The summed E-state index contributed by atoms with van der Waals surface area (Å²) >= 11 is 1.12. The molecule has 1 aliphatic carbocycles. The standard InChI is InChI=1S/C14H14N2O4S/c1-7-11(13(18)19-2)21-14(15-7)16-12(17)9-6-8(9)10-4-3-5-20-10/h3-5,8-9H,6H2,1-2H3,(H,15,16,17)/t8-,9-/m0/s1. The Morgan fingerprint density at radius 1 is 1.52 bits per heavy atom. The SMILES string of the molecule is COC(=O)c1sc(NC(=O)[C@H]2C[C@@H]2c2ccco2)nc1C. The van der Waals surface area contributed by atoms with E-state index in [4.69, 9.17) is 4.42 Å². The Kier molecular flexibility index (Phi) is 3.50. The van der Waals surface area contributed by atoms with Gasteiger partial charge in [-0.1, -0.05) is 11.3 Å². The molecule has 1 saturated carbocycles. The van der Waals surface area contributed by atoms with Gasteiger partial charge in [-0.2, -0.15) is 0 Å². The molecular weight excluding hydrogens is 292 g/mol. The lowest BCUT2D eigenvalue weighted by Gasteiger charge is -1.99. The molecule has 2 aromatic heterocycles. The topological polar surface area (TPSA) is 81.4 Å². The minimum absolute atomic E-state index is 0.0954. The van der Waals surface area contributed by atoms with Gasteiger partial charge in [-0.05, 0) is 25.5 Å². The number of thiazole rings is 1. The predicted molar refractivity (Wildman–Crippen MR) is 76.4 cm³/mol. The summed E-state index contributed by atoms with van der Waals surface area (Å²) in [5.41, 5.74) is 0.556. The number of hydrogen-bond acceptors (Lipinski definition) is 6. The van der Waals surface area contributed by atoms with E-state index in [2.05, 4.69) is 15.0 Å². The van der Waals surface area contributed by atoms with E-state index >= 15 is 0 Å². The lowest BCUT2D eigenvalue weighted by molar-refractivity contribution is -0.117. The fourth-order valence-electron chi connectivity index (χ4n) is 2.23. The number of hydrogen-bond donors (Lipinski definition) is 1. The molecule has 1 aliphatic rings. The number of aromatic nitrogens is 1. The molecule has 1 amide bonds. The van der Waals surface area contributed by atoms with Gasteiger partial charge in [-0.25, -0.2) is 9.78 Å². The van der Waals surface area contributed by atoms with E-state index in [0.29, 0.717) is 15.7 Å². The molecule has 2 aromatic rings. The third kappa shape index (κ3) is 2.69. The lowest BCUT2D eigenvalue weighted by atomic mass is 10.2. The number of amides is 1. The molecule has 6 nitrogen and oxygen atoms in total. The van der Waals surface area contributed by atoms with Crippen LogP contribution < -0.4 is 5.32 Å². The monoisotopic (exact) mass is 306 g/mol. The number of carbonyl (C=O) groups excluding carboxylic acids is 2. The predicted octanol–water partition coefficient (Wildman–Crippen LogP) is 2.57. The third-order valence-electron chi connectivity index (χ3n) is 3.43. The number of rotatable bonds is 4. The Bertz CT molecular complexity index is 677. The van der Waals surface area contributed by atoms with Crippen LogP contribution in [0.2, 0.25) is 0 Å². The fraction of sp³-hybridized carbons (Fsp3) is 0.357. The molecule has 7 heteroatoms. The highest BCUT2D eigenvalue weighted by atomic mass is 32.1. The molecule has 0 radical (unpaired) electrons. The number of esters is 1. The first-order valence-electron chi connectivity index (χ1n) is 6.50. The van der Waals surface area contributed by atoms with Crippen LogP contribution >= 0.6 is 11.3 Å². The van der Waals surface area contributed by atoms with Crippen molar-refractivity contribution in [2.45, 2.75) is 19.3 Å². The van der Waals surface area contributed by atoms with Crippen molar-refractivity contribution >= 4 is 28.3 Å². The first-order valence-corrected chi connectivity index (χ1v) is 7.31. The van der Waals surface area contributed by atoms with Crippen molar-refractivity contribution in [3.05, 3.63) is 34.7 Å². The highest BCUT2D eigenvalue weighted by molar-refractivity contribution is 7.17. The van der Waals surface area contributed by atoms with E-state index in [9.17, 15) is 9.59 Å². The molecule has 0 bridgehead atoms. The van der Waals surface area contributed by atoms with Crippen LogP contribution in [0.25, 0.3) is 0 Å². The van der Waals surface area contributed by atoms with Crippen LogP contribution in [-0.4, -0.2) is 24.0 Å². The van der Waals surface area contributed by atoms with Gasteiger partial charge in [0.15, 0.2) is 5.13 Å². The van der Waals surface area contributed by atoms with Gasteiger partial charge in [0.05, 0.1) is 19.1 Å². The zero-order valence-corrected chi connectivity index (χ0v) is 12.4. The minimum atomic E-state index is -0.439. The zero-order chi connectivity index (χ0) is 15.0. The summed E-state index contributed by atoms with van der Waals surface area (Å²) in [6.07, 6.45) is 2.38. The molecule has 0 aliphatic heterocycles. The maximum atomic E-state index is 12.1. The van der Waals surface area contributed by atoms with Crippen LogP contribution in [0.3, 0.4) is 0 Å². The molecule has 21 heavy (non-hydrogen) atoms. The van der Waals surface area contributed by atoms with Crippen molar-refractivity contribution < 1.29 is 18.7 Å². The van der Waals surface area contributed by atoms with Gasteiger partial charge in [0.1, 0.15) is 10.6 Å². The van der Waals surface area contributed by atoms with Gasteiger partial charge in [-0.15, -0.1) is 0 Å². The van der Waals surface area contributed by atoms with Gasteiger partial charge in [0.2, 0.25) is 5.91 Å². The number of carbonyl (C=O) groups is 2. The number of furan rings is 1. The average Bonchev–Trinajstić information content (AvgIpc) is 2.91. The van der Waals surface area contributed by atoms with Crippen molar-refractivity contribution in [2.24, 2.45) is 5.92 Å². The van der Waals surface area contributed by atoms with Crippen LogP contribution in [-0.2, 0) is 9.53 Å². The summed E-state index contributed by atoms with van der Waals surface area (Å²) < 4.78 is 9.97. The first-order chi connectivity index (χ1) is 10.1. The van der Waals surface area contributed by atoms with Crippen molar-refractivity contribution in [1.82, 2.24) is 4.98 Å². The van der Waals surface area contributed by atoms with Crippen LogP contribution in [0.4, 0.5) is 5.13 Å². The number of aryl methyl sites for hydroxylation is 1. The van der Waals surface area contributed by atoms with Crippen LogP contribution in [0, 0.1) is 12.8 Å². The molecule has 0 saturated heterocycles. The molecule has 2 heterocycles. The number of nitrogens with zero attached hydrogens (tertiary/aromatic N) is 1.